The topological polar surface area (TPSA) is 76.5 Å². The van der Waals surface area contributed by atoms with Gasteiger partial charge in [-0.2, -0.15) is 5.10 Å². The summed E-state index contributed by atoms with van der Waals surface area (Å²) in [7, 11) is 0. The van der Waals surface area contributed by atoms with Crippen LogP contribution in [0.4, 0.5) is 5.82 Å². The Morgan fingerprint density at radius 1 is 1.12 bits per heavy atom. The number of aromatic nitrogens is 2. The number of rotatable bonds is 7. The van der Waals surface area contributed by atoms with E-state index < -0.39 is 0 Å². The molecule has 11 heteroatoms. The van der Waals surface area contributed by atoms with Crippen molar-refractivity contribution in [2.45, 2.75) is 24.2 Å². The predicted octanol–water partition coefficient (Wildman–Crippen LogP) is 6.37. The van der Waals surface area contributed by atoms with Crippen molar-refractivity contribution >= 4 is 63.9 Å². The van der Waals surface area contributed by atoms with E-state index >= 15 is 0 Å². The van der Waals surface area contributed by atoms with Gasteiger partial charge in [0, 0.05) is 23.7 Å². The maximum atomic E-state index is 13.8. The van der Waals surface area contributed by atoms with Crippen LogP contribution in [0.2, 0.25) is 10.0 Å². The number of amides is 2. The van der Waals surface area contributed by atoms with Gasteiger partial charge in [0.2, 0.25) is 11.8 Å². The first-order valence-corrected chi connectivity index (χ1v) is 15.7. The highest BCUT2D eigenvalue weighted by atomic mass is 35.5. The summed E-state index contributed by atoms with van der Waals surface area (Å²) in [5.41, 5.74) is 3.15. The van der Waals surface area contributed by atoms with Gasteiger partial charge in [-0.1, -0.05) is 53.5 Å². The molecule has 2 aromatic heterocycles. The van der Waals surface area contributed by atoms with Gasteiger partial charge in [-0.15, -0.1) is 23.1 Å². The quantitative estimate of drug-likeness (QED) is 0.262. The third kappa shape index (κ3) is 5.53. The van der Waals surface area contributed by atoms with E-state index in [4.69, 9.17) is 33.0 Å². The number of para-hydroxylation sites is 1. The largest absolute Gasteiger partial charge is 0.376 e. The number of nitrogens with zero attached hydrogens (tertiary/aromatic N) is 3. The molecule has 2 aliphatic rings. The van der Waals surface area contributed by atoms with Crippen LogP contribution in [-0.2, 0) is 14.3 Å². The zero-order valence-electron chi connectivity index (χ0n) is 21.4. The fourth-order valence-corrected chi connectivity index (χ4v) is 7.40. The lowest BCUT2D eigenvalue weighted by Gasteiger charge is -2.24. The fourth-order valence-electron chi connectivity index (χ4n) is 5.07. The molecule has 4 heterocycles. The van der Waals surface area contributed by atoms with E-state index in [1.165, 1.54) is 11.8 Å². The number of ether oxygens (including phenoxy) is 1. The highest BCUT2D eigenvalue weighted by molar-refractivity contribution is 8.00. The fraction of sp³-hybridized carbons (Fsp3) is 0.276. The van der Waals surface area contributed by atoms with Crippen molar-refractivity contribution in [1.29, 1.82) is 0 Å². The molecule has 40 heavy (non-hydrogen) atoms. The molecule has 2 aliphatic heterocycles. The molecule has 6 rings (SSSR count). The van der Waals surface area contributed by atoms with Crippen LogP contribution in [0.25, 0.3) is 16.3 Å². The summed E-state index contributed by atoms with van der Waals surface area (Å²) in [6, 6.07) is 19.0. The lowest BCUT2D eigenvalue weighted by atomic mass is 10.0. The van der Waals surface area contributed by atoms with Crippen molar-refractivity contribution in [3.05, 3.63) is 87.2 Å². The molecule has 7 nitrogen and oxygen atoms in total. The molecule has 206 valence electrons. The minimum absolute atomic E-state index is 0.00111. The van der Waals surface area contributed by atoms with Crippen LogP contribution in [0.5, 0.6) is 0 Å². The minimum Gasteiger partial charge on any atom is -0.376 e. The maximum Gasteiger partial charge on any atom is 0.240 e. The number of benzene rings is 2. The van der Waals surface area contributed by atoms with Gasteiger partial charge in [0.15, 0.2) is 0 Å². The molecule has 1 N–H and O–H groups in total. The van der Waals surface area contributed by atoms with E-state index in [-0.39, 0.29) is 35.5 Å². The maximum absolute atomic E-state index is 13.8. The molecule has 1 fully saturated rings. The Balaban J connectivity index is 1.51. The first-order chi connectivity index (χ1) is 19.5. The third-order valence-electron chi connectivity index (χ3n) is 6.93. The molecule has 0 unspecified atom stereocenters. The molecule has 0 bridgehead atoms. The van der Waals surface area contributed by atoms with Gasteiger partial charge in [0.25, 0.3) is 0 Å². The number of halogens is 2. The molecule has 1 saturated heterocycles. The monoisotopic (exact) mass is 612 g/mol. The first-order valence-electron chi connectivity index (χ1n) is 13.0. The molecular weight excluding hydrogens is 587 g/mol. The predicted molar refractivity (Wildman–Crippen MR) is 162 cm³/mol. The summed E-state index contributed by atoms with van der Waals surface area (Å²) in [5.74, 6) is 0.264. The summed E-state index contributed by atoms with van der Waals surface area (Å²) < 4.78 is 7.37. The summed E-state index contributed by atoms with van der Waals surface area (Å²) in [5, 5.41) is 10.8. The molecule has 2 amide bonds. The summed E-state index contributed by atoms with van der Waals surface area (Å²) >= 11 is 16.2. The lowest BCUT2D eigenvalue weighted by molar-refractivity contribution is -0.123. The number of thioether (sulfide) groups is 1. The Labute approximate surface area is 250 Å². The summed E-state index contributed by atoms with van der Waals surface area (Å²) in [6.45, 7) is 0.971. The van der Waals surface area contributed by atoms with Crippen molar-refractivity contribution in [2.24, 2.45) is 0 Å². The zero-order chi connectivity index (χ0) is 27.6. The Bertz CT molecular complexity index is 1540. The van der Waals surface area contributed by atoms with Gasteiger partial charge in [-0.05, 0) is 54.1 Å². The van der Waals surface area contributed by atoms with Crippen molar-refractivity contribution in [2.75, 3.05) is 30.3 Å². The van der Waals surface area contributed by atoms with Crippen LogP contribution in [0.3, 0.4) is 0 Å². The number of anilines is 1. The highest BCUT2D eigenvalue weighted by Gasteiger charge is 2.38. The molecular formula is C29H26Cl2N4O3S2. The first kappa shape index (κ1) is 27.4. The third-order valence-corrected chi connectivity index (χ3v) is 9.61. The zero-order valence-corrected chi connectivity index (χ0v) is 24.5. The Kier molecular flexibility index (Phi) is 8.18. The minimum atomic E-state index is -0.259. The number of carbonyl (C=O) groups excluding carboxylic acids is 2. The lowest BCUT2D eigenvalue weighted by Crippen LogP contribution is -2.44. The van der Waals surface area contributed by atoms with E-state index in [0.717, 1.165) is 34.5 Å². The van der Waals surface area contributed by atoms with Crippen molar-refractivity contribution in [3.8, 4) is 16.3 Å². The van der Waals surface area contributed by atoms with Crippen molar-refractivity contribution in [1.82, 2.24) is 15.1 Å². The van der Waals surface area contributed by atoms with Crippen molar-refractivity contribution < 1.29 is 14.3 Å². The van der Waals surface area contributed by atoms with Gasteiger partial charge in [0.05, 0.1) is 32.7 Å². The second-order valence-electron chi connectivity index (χ2n) is 9.59. The van der Waals surface area contributed by atoms with Crippen LogP contribution in [-0.4, -0.2) is 53.1 Å². The smallest absolute Gasteiger partial charge is 0.240 e. The molecule has 0 radical (unpaired) electrons. The highest BCUT2D eigenvalue weighted by Crippen LogP contribution is 2.49. The summed E-state index contributed by atoms with van der Waals surface area (Å²) in [4.78, 5) is 29.5. The normalized spacial score (nSPS) is 18.9. The molecule has 2 atom stereocenters. The number of thiophene rings is 1. The van der Waals surface area contributed by atoms with Crippen LogP contribution >= 0.6 is 46.3 Å². The van der Waals surface area contributed by atoms with E-state index in [2.05, 4.69) is 5.32 Å². The van der Waals surface area contributed by atoms with Crippen LogP contribution in [0, 0.1) is 0 Å². The van der Waals surface area contributed by atoms with Crippen molar-refractivity contribution in [3.63, 3.8) is 0 Å². The Morgan fingerprint density at radius 3 is 2.75 bits per heavy atom. The average Bonchev–Trinajstić information content (AvgIpc) is 3.72. The number of nitrogens with one attached hydrogen (secondary N) is 1. The molecule has 4 aromatic rings. The molecule has 2 aromatic carbocycles. The van der Waals surface area contributed by atoms with Gasteiger partial charge in [-0.25, -0.2) is 4.68 Å². The van der Waals surface area contributed by atoms with E-state index in [1.807, 2.05) is 60.0 Å². The number of hydrogen-bond acceptors (Lipinski definition) is 6. The number of fused-ring (bicyclic) bond motifs is 1. The average molecular weight is 614 g/mol. The SMILES string of the molecule is O=C(CN1C(=O)CS[C@H](c2cccc(Cl)c2)c2c(-c3cccs3)nn(-c3ccccc3Cl)c21)NC[C@@H]1CCCO1. The molecule has 0 spiro atoms. The Hall–Kier alpha value is -2.82. The van der Waals surface area contributed by atoms with E-state index in [1.54, 1.807) is 27.0 Å². The van der Waals surface area contributed by atoms with Crippen LogP contribution in [0.1, 0.15) is 29.2 Å². The molecule has 0 aliphatic carbocycles. The second-order valence-corrected chi connectivity index (χ2v) is 12.5. The molecule has 0 saturated carbocycles. The second kappa shape index (κ2) is 12.0. The van der Waals surface area contributed by atoms with Gasteiger partial charge < -0.3 is 10.1 Å². The van der Waals surface area contributed by atoms with E-state index in [9.17, 15) is 9.59 Å². The Morgan fingerprint density at radius 2 is 2.00 bits per heavy atom. The summed E-state index contributed by atoms with van der Waals surface area (Å²) in [6.07, 6.45) is 1.90. The van der Waals surface area contributed by atoms with Crippen LogP contribution < -0.4 is 10.2 Å². The van der Waals surface area contributed by atoms with E-state index in [0.29, 0.717) is 34.7 Å². The van der Waals surface area contributed by atoms with Gasteiger partial charge in [0.1, 0.15) is 18.1 Å². The standard InChI is InChI=1S/C29H26Cl2N4O3S2/c30-19-7-3-6-18(14-19)28-26-27(23-11-5-13-39-23)33-35(22-10-2-1-9-21(22)31)29(26)34(25(37)17-40-28)16-24(36)32-15-20-8-4-12-38-20/h1-3,5-7,9-11,13-14,20,28H,4,8,12,15-17H2,(H,32,36)/t20-,28+/m0/s1. The number of hydrogen-bond donors (Lipinski definition) is 1. The van der Waals surface area contributed by atoms with Gasteiger partial charge in [-0.3, -0.25) is 14.5 Å². The van der Waals surface area contributed by atoms with Crippen LogP contribution in [0.15, 0.2) is 66.0 Å². The number of carbonyl (C=O) groups is 2. The van der Waals surface area contributed by atoms with Gasteiger partial charge >= 0.3 is 0 Å².